The molecule has 0 spiro atoms. The van der Waals surface area contributed by atoms with Gasteiger partial charge in [0.2, 0.25) is 0 Å². The van der Waals surface area contributed by atoms with Crippen LogP contribution in [0.4, 0.5) is 0 Å². The number of fused-ring (bicyclic) bond motifs is 4. The number of hydrogen-bond acceptors (Lipinski definition) is 5. The molecule has 3 aliphatic rings. The first-order valence-electron chi connectivity index (χ1n) is 10.1. The van der Waals surface area contributed by atoms with Crippen LogP contribution in [0.5, 0.6) is 0 Å². The van der Waals surface area contributed by atoms with Gasteiger partial charge in [0, 0.05) is 30.6 Å². The van der Waals surface area contributed by atoms with Crippen molar-refractivity contribution in [1.82, 2.24) is 24.5 Å². The van der Waals surface area contributed by atoms with Crippen LogP contribution in [0, 0.1) is 0 Å². The Labute approximate surface area is 163 Å². The highest BCUT2D eigenvalue weighted by Gasteiger charge is 2.36. The fourth-order valence-electron chi connectivity index (χ4n) is 4.40. The van der Waals surface area contributed by atoms with Crippen LogP contribution in [-0.2, 0) is 23.3 Å². The first-order valence-corrected chi connectivity index (χ1v) is 10.1. The summed E-state index contributed by atoms with van der Waals surface area (Å²) in [5.41, 5.74) is 7.20. The normalized spacial score (nSPS) is 20.2. The highest BCUT2D eigenvalue weighted by Crippen LogP contribution is 2.43. The van der Waals surface area contributed by atoms with E-state index in [1.807, 2.05) is 6.20 Å². The molecule has 0 radical (unpaired) electrons. The summed E-state index contributed by atoms with van der Waals surface area (Å²) in [6.45, 7) is 7.75. The lowest BCUT2D eigenvalue weighted by Crippen LogP contribution is -2.33. The molecular formula is C22H23N5O. The quantitative estimate of drug-likeness (QED) is 0.679. The first-order chi connectivity index (χ1) is 13.5. The van der Waals surface area contributed by atoms with E-state index < -0.39 is 5.60 Å². The molecule has 0 aromatic carbocycles. The Kier molecular flexibility index (Phi) is 3.20. The topological polar surface area (TPSA) is 65.7 Å². The van der Waals surface area contributed by atoms with Crippen LogP contribution >= 0.6 is 0 Å². The van der Waals surface area contributed by atoms with Crippen molar-refractivity contribution in [2.45, 2.75) is 58.1 Å². The molecule has 1 aliphatic heterocycles. The molecule has 6 heteroatoms. The number of imidazole rings is 1. The van der Waals surface area contributed by atoms with E-state index in [1.165, 1.54) is 24.0 Å². The van der Waals surface area contributed by atoms with Crippen LogP contribution in [0.3, 0.4) is 0 Å². The average Bonchev–Trinajstić information content (AvgIpc) is 3.36. The molecule has 6 nitrogen and oxygen atoms in total. The molecule has 3 aromatic rings. The molecule has 28 heavy (non-hydrogen) atoms. The second-order valence-electron chi connectivity index (χ2n) is 8.63. The van der Waals surface area contributed by atoms with Gasteiger partial charge in [-0.2, -0.15) is 0 Å². The molecule has 142 valence electrons. The Hall–Kier alpha value is -2.60. The smallest absolute Gasteiger partial charge is 0.164 e. The summed E-state index contributed by atoms with van der Waals surface area (Å²) in [6.07, 6.45) is 7.43. The summed E-state index contributed by atoms with van der Waals surface area (Å²) < 4.78 is 8.19. The number of ether oxygens (including phenoxy) is 1. The summed E-state index contributed by atoms with van der Waals surface area (Å²) in [7, 11) is 0. The lowest BCUT2D eigenvalue weighted by atomic mass is 10.1. The Balaban J connectivity index is 1.59. The second kappa shape index (κ2) is 5.47. The van der Waals surface area contributed by atoms with Crippen molar-refractivity contribution >= 4 is 16.7 Å². The zero-order valence-corrected chi connectivity index (χ0v) is 16.5. The van der Waals surface area contributed by atoms with E-state index >= 15 is 0 Å². The number of rotatable bonds is 2. The maximum Gasteiger partial charge on any atom is 0.164 e. The maximum atomic E-state index is 5.97. The molecule has 0 atom stereocenters. The van der Waals surface area contributed by atoms with Gasteiger partial charge < -0.3 is 9.30 Å². The van der Waals surface area contributed by atoms with Gasteiger partial charge in [-0.1, -0.05) is 6.08 Å². The molecule has 1 fully saturated rings. The lowest BCUT2D eigenvalue weighted by molar-refractivity contribution is -0.0530. The third kappa shape index (κ3) is 2.30. The minimum Gasteiger partial charge on any atom is -0.366 e. The Morgan fingerprint density at radius 3 is 2.86 bits per heavy atom. The van der Waals surface area contributed by atoms with Gasteiger partial charge in [-0.3, -0.25) is 4.98 Å². The highest BCUT2D eigenvalue weighted by molar-refractivity contribution is 5.79. The SMILES string of the molecule is CC1=CCc2ncc(-c3nc(C4CC4)c4nc5n(c4n3)CCOC5(C)C)cc21. The number of hydrogen-bond donors (Lipinski definition) is 0. The van der Waals surface area contributed by atoms with Crippen LogP contribution in [-0.4, -0.2) is 31.1 Å². The molecule has 2 aliphatic carbocycles. The third-order valence-electron chi connectivity index (χ3n) is 6.16. The fourth-order valence-corrected chi connectivity index (χ4v) is 4.40. The molecule has 4 heterocycles. The number of nitrogens with zero attached hydrogens (tertiary/aromatic N) is 5. The van der Waals surface area contributed by atoms with Crippen LogP contribution in [0.2, 0.25) is 0 Å². The van der Waals surface area contributed by atoms with Crippen LogP contribution in [0.1, 0.15) is 62.3 Å². The highest BCUT2D eigenvalue weighted by atomic mass is 16.5. The van der Waals surface area contributed by atoms with Crippen molar-refractivity contribution in [3.63, 3.8) is 0 Å². The van der Waals surface area contributed by atoms with E-state index in [0.29, 0.717) is 12.5 Å². The molecule has 6 rings (SSSR count). The second-order valence-corrected chi connectivity index (χ2v) is 8.63. The van der Waals surface area contributed by atoms with Crippen molar-refractivity contribution in [3.05, 3.63) is 41.1 Å². The summed E-state index contributed by atoms with van der Waals surface area (Å²) in [5.74, 6) is 2.21. The van der Waals surface area contributed by atoms with Crippen LogP contribution in [0.25, 0.3) is 28.1 Å². The van der Waals surface area contributed by atoms with Crippen molar-refractivity contribution in [1.29, 1.82) is 0 Å². The number of aromatic nitrogens is 5. The van der Waals surface area contributed by atoms with Crippen LogP contribution in [0.15, 0.2) is 18.3 Å². The van der Waals surface area contributed by atoms with Gasteiger partial charge in [0.25, 0.3) is 0 Å². The van der Waals surface area contributed by atoms with E-state index in [-0.39, 0.29) is 0 Å². The molecule has 0 saturated heterocycles. The summed E-state index contributed by atoms with van der Waals surface area (Å²) in [6, 6.07) is 2.19. The van der Waals surface area contributed by atoms with Gasteiger partial charge in [-0.25, -0.2) is 15.0 Å². The van der Waals surface area contributed by atoms with Gasteiger partial charge >= 0.3 is 0 Å². The Morgan fingerprint density at radius 1 is 1.18 bits per heavy atom. The Bertz CT molecular complexity index is 1170. The van der Waals surface area contributed by atoms with Gasteiger partial charge in [-0.15, -0.1) is 0 Å². The zero-order valence-electron chi connectivity index (χ0n) is 16.5. The van der Waals surface area contributed by atoms with Gasteiger partial charge in [0.05, 0.1) is 18.0 Å². The largest absolute Gasteiger partial charge is 0.366 e. The van der Waals surface area contributed by atoms with Crippen LogP contribution < -0.4 is 0 Å². The van der Waals surface area contributed by atoms with Crippen molar-refractivity contribution in [2.75, 3.05) is 6.61 Å². The van der Waals surface area contributed by atoms with Gasteiger partial charge in [0.1, 0.15) is 16.9 Å². The van der Waals surface area contributed by atoms with Gasteiger partial charge in [-0.05, 0) is 50.8 Å². The monoisotopic (exact) mass is 373 g/mol. The maximum absolute atomic E-state index is 5.97. The molecule has 0 unspecified atom stereocenters. The number of allylic oxidation sites excluding steroid dienone is 2. The van der Waals surface area contributed by atoms with Crippen molar-refractivity contribution in [3.8, 4) is 11.4 Å². The fraction of sp³-hybridized carbons (Fsp3) is 0.455. The third-order valence-corrected chi connectivity index (χ3v) is 6.16. The predicted molar refractivity (Wildman–Crippen MR) is 107 cm³/mol. The summed E-state index contributed by atoms with van der Waals surface area (Å²) in [4.78, 5) is 19.6. The average molecular weight is 373 g/mol. The first kappa shape index (κ1) is 16.4. The van der Waals surface area contributed by atoms with E-state index in [4.69, 9.17) is 19.7 Å². The molecule has 0 bridgehead atoms. The van der Waals surface area contributed by atoms with Crippen molar-refractivity contribution in [2.24, 2.45) is 0 Å². The number of pyridine rings is 1. The lowest BCUT2D eigenvalue weighted by Gasteiger charge is -2.30. The van der Waals surface area contributed by atoms with E-state index in [1.54, 1.807) is 0 Å². The minimum atomic E-state index is -0.406. The standard InChI is InChI=1S/C22H23N5O/c1-12-4-7-16-15(12)10-14(11-23-16)19-24-17(13-5-6-13)18-20(26-19)27-8-9-28-22(2,3)21(27)25-18/h4,10-11,13H,5-9H2,1-3H3. The van der Waals surface area contributed by atoms with Crippen molar-refractivity contribution < 1.29 is 4.74 Å². The predicted octanol–water partition coefficient (Wildman–Crippen LogP) is 3.99. The molecule has 0 amide bonds. The Morgan fingerprint density at radius 2 is 2.04 bits per heavy atom. The molecule has 0 N–H and O–H groups in total. The van der Waals surface area contributed by atoms with E-state index in [2.05, 4.69) is 42.5 Å². The zero-order chi connectivity index (χ0) is 19.0. The summed E-state index contributed by atoms with van der Waals surface area (Å²) >= 11 is 0. The molecular weight excluding hydrogens is 350 g/mol. The molecule has 3 aromatic heterocycles. The van der Waals surface area contributed by atoms with E-state index in [9.17, 15) is 0 Å². The minimum absolute atomic E-state index is 0.406. The van der Waals surface area contributed by atoms with E-state index in [0.717, 1.165) is 52.7 Å². The molecule has 1 saturated carbocycles. The van der Waals surface area contributed by atoms with Gasteiger partial charge in [0.15, 0.2) is 11.5 Å². The summed E-state index contributed by atoms with van der Waals surface area (Å²) in [5, 5.41) is 0.